The summed E-state index contributed by atoms with van der Waals surface area (Å²) in [6.45, 7) is 8.23. The highest BCUT2D eigenvalue weighted by Gasteiger charge is 2.25. The molecule has 1 heterocycles. The van der Waals surface area contributed by atoms with E-state index in [0.29, 0.717) is 31.2 Å². The van der Waals surface area contributed by atoms with Gasteiger partial charge in [0.25, 0.3) is 0 Å². The zero-order valence-electron chi connectivity index (χ0n) is 12.2. The van der Waals surface area contributed by atoms with E-state index < -0.39 is 5.97 Å². The van der Waals surface area contributed by atoms with Crippen molar-refractivity contribution in [3.63, 3.8) is 0 Å². The number of carbonyl (C=O) groups is 2. The monoisotopic (exact) mass is 270 g/mol. The number of piperidine rings is 1. The minimum atomic E-state index is -0.773. The molecule has 5 heteroatoms. The highest BCUT2D eigenvalue weighted by molar-refractivity contribution is 5.74. The van der Waals surface area contributed by atoms with Gasteiger partial charge >= 0.3 is 12.0 Å². The van der Waals surface area contributed by atoms with Crippen molar-refractivity contribution in [1.82, 2.24) is 10.2 Å². The molecule has 3 atom stereocenters. The second-order valence-electron chi connectivity index (χ2n) is 5.96. The fourth-order valence-electron chi connectivity index (χ4n) is 2.67. The second kappa shape index (κ2) is 7.36. The standard InChI is InChI=1S/C14H26N2O3/c1-10-7-11(2)9-16(8-10)14(19)15-6-4-5-12(3)13(17)18/h10-12H,4-9H2,1-3H3,(H,15,19)(H,17,18). The van der Waals surface area contributed by atoms with E-state index in [1.807, 2.05) is 4.90 Å². The van der Waals surface area contributed by atoms with Gasteiger partial charge in [0.2, 0.25) is 0 Å². The lowest BCUT2D eigenvalue weighted by Gasteiger charge is -2.34. The molecule has 1 aliphatic heterocycles. The van der Waals surface area contributed by atoms with Gasteiger partial charge in [0, 0.05) is 19.6 Å². The van der Waals surface area contributed by atoms with Crippen molar-refractivity contribution in [2.24, 2.45) is 17.8 Å². The van der Waals surface area contributed by atoms with Gasteiger partial charge in [-0.3, -0.25) is 4.79 Å². The van der Waals surface area contributed by atoms with Gasteiger partial charge in [0.1, 0.15) is 0 Å². The van der Waals surface area contributed by atoms with Gasteiger partial charge < -0.3 is 15.3 Å². The second-order valence-corrected chi connectivity index (χ2v) is 5.96. The number of rotatable bonds is 5. The van der Waals surface area contributed by atoms with E-state index >= 15 is 0 Å². The van der Waals surface area contributed by atoms with E-state index in [4.69, 9.17) is 5.11 Å². The number of nitrogens with zero attached hydrogens (tertiary/aromatic N) is 1. The van der Waals surface area contributed by atoms with E-state index in [2.05, 4.69) is 19.2 Å². The molecule has 0 spiro atoms. The van der Waals surface area contributed by atoms with Gasteiger partial charge in [-0.25, -0.2) is 4.79 Å². The zero-order valence-corrected chi connectivity index (χ0v) is 12.2. The van der Waals surface area contributed by atoms with Crippen molar-refractivity contribution in [3.8, 4) is 0 Å². The predicted octanol–water partition coefficient (Wildman–Crippen LogP) is 2.17. The fourth-order valence-corrected chi connectivity index (χ4v) is 2.67. The van der Waals surface area contributed by atoms with Crippen molar-refractivity contribution in [1.29, 1.82) is 0 Å². The molecule has 0 saturated carbocycles. The van der Waals surface area contributed by atoms with Crippen LogP contribution in [0.5, 0.6) is 0 Å². The molecule has 0 radical (unpaired) electrons. The first-order chi connectivity index (χ1) is 8.90. The number of hydrogen-bond donors (Lipinski definition) is 2. The lowest BCUT2D eigenvalue weighted by molar-refractivity contribution is -0.141. The molecule has 0 aliphatic carbocycles. The Kier molecular flexibility index (Phi) is 6.12. The first kappa shape index (κ1) is 15.8. The summed E-state index contributed by atoms with van der Waals surface area (Å²) < 4.78 is 0. The Bertz CT molecular complexity index is 310. The maximum Gasteiger partial charge on any atom is 0.317 e. The Hall–Kier alpha value is -1.26. The lowest BCUT2D eigenvalue weighted by Crippen LogP contribution is -2.47. The number of amides is 2. The molecule has 3 unspecified atom stereocenters. The van der Waals surface area contributed by atoms with E-state index in [9.17, 15) is 9.59 Å². The van der Waals surface area contributed by atoms with Crippen molar-refractivity contribution >= 4 is 12.0 Å². The van der Waals surface area contributed by atoms with Crippen molar-refractivity contribution in [2.75, 3.05) is 19.6 Å². The van der Waals surface area contributed by atoms with Crippen LogP contribution < -0.4 is 5.32 Å². The topological polar surface area (TPSA) is 69.6 Å². The third-order valence-corrected chi connectivity index (χ3v) is 3.67. The molecule has 1 rings (SSSR count). The van der Waals surface area contributed by atoms with Crippen LogP contribution >= 0.6 is 0 Å². The molecule has 19 heavy (non-hydrogen) atoms. The van der Waals surface area contributed by atoms with Gasteiger partial charge in [0.15, 0.2) is 0 Å². The number of carboxylic acid groups (broad SMARTS) is 1. The highest BCUT2D eigenvalue weighted by atomic mass is 16.4. The molecule has 5 nitrogen and oxygen atoms in total. The predicted molar refractivity (Wildman–Crippen MR) is 74.0 cm³/mol. The normalized spacial score (nSPS) is 24.9. The van der Waals surface area contributed by atoms with Crippen molar-refractivity contribution in [3.05, 3.63) is 0 Å². The van der Waals surface area contributed by atoms with E-state index in [1.165, 1.54) is 6.42 Å². The summed E-state index contributed by atoms with van der Waals surface area (Å²) in [7, 11) is 0. The van der Waals surface area contributed by atoms with E-state index in [0.717, 1.165) is 13.1 Å². The summed E-state index contributed by atoms with van der Waals surface area (Å²) in [5.41, 5.74) is 0. The van der Waals surface area contributed by atoms with Crippen LogP contribution in [0.1, 0.15) is 40.0 Å². The van der Waals surface area contributed by atoms with Crippen LogP contribution in [-0.2, 0) is 4.79 Å². The van der Waals surface area contributed by atoms with E-state index in [-0.39, 0.29) is 11.9 Å². The van der Waals surface area contributed by atoms with Gasteiger partial charge in [-0.2, -0.15) is 0 Å². The van der Waals surface area contributed by atoms with Gasteiger partial charge in [-0.1, -0.05) is 20.8 Å². The van der Waals surface area contributed by atoms with Crippen LogP contribution in [0, 0.1) is 17.8 Å². The van der Waals surface area contributed by atoms with Crippen molar-refractivity contribution in [2.45, 2.75) is 40.0 Å². The van der Waals surface area contributed by atoms with Gasteiger partial charge in [0.05, 0.1) is 5.92 Å². The SMILES string of the molecule is CC1CC(C)CN(C(=O)NCCCC(C)C(=O)O)C1. The van der Waals surface area contributed by atoms with Gasteiger partial charge in [-0.05, 0) is 31.1 Å². The first-order valence-corrected chi connectivity index (χ1v) is 7.15. The van der Waals surface area contributed by atoms with Crippen LogP contribution in [0.3, 0.4) is 0 Å². The molecule has 1 fully saturated rings. The number of hydrogen-bond acceptors (Lipinski definition) is 2. The summed E-state index contributed by atoms with van der Waals surface area (Å²) in [6.07, 6.45) is 2.49. The quantitative estimate of drug-likeness (QED) is 0.752. The molecule has 0 aromatic rings. The minimum Gasteiger partial charge on any atom is -0.481 e. The average Bonchev–Trinajstić information content (AvgIpc) is 2.32. The Labute approximate surface area is 115 Å². The zero-order chi connectivity index (χ0) is 14.4. The summed E-state index contributed by atoms with van der Waals surface area (Å²) >= 11 is 0. The summed E-state index contributed by atoms with van der Waals surface area (Å²) in [6, 6.07) is -0.0126. The molecular weight excluding hydrogens is 244 g/mol. The summed E-state index contributed by atoms with van der Waals surface area (Å²) in [5, 5.41) is 11.6. The fraction of sp³-hybridized carbons (Fsp3) is 0.857. The minimum absolute atomic E-state index is 0.0126. The number of likely N-dealkylation sites (tertiary alicyclic amines) is 1. The molecule has 2 amide bonds. The van der Waals surface area contributed by atoms with Crippen LogP contribution in [0.4, 0.5) is 4.79 Å². The van der Waals surface area contributed by atoms with Crippen molar-refractivity contribution < 1.29 is 14.7 Å². The highest BCUT2D eigenvalue weighted by Crippen LogP contribution is 2.20. The summed E-state index contributed by atoms with van der Waals surface area (Å²) in [4.78, 5) is 24.5. The lowest BCUT2D eigenvalue weighted by atomic mass is 9.92. The average molecular weight is 270 g/mol. The maximum absolute atomic E-state index is 12.0. The molecule has 1 aliphatic rings. The number of nitrogens with one attached hydrogen (secondary N) is 1. The largest absolute Gasteiger partial charge is 0.481 e. The maximum atomic E-state index is 12.0. The molecule has 2 N–H and O–H groups in total. The molecule has 1 saturated heterocycles. The number of carbonyl (C=O) groups excluding carboxylic acids is 1. The van der Waals surface area contributed by atoms with Crippen LogP contribution in [-0.4, -0.2) is 41.6 Å². The van der Waals surface area contributed by atoms with E-state index in [1.54, 1.807) is 6.92 Å². The Morgan fingerprint density at radius 2 is 1.89 bits per heavy atom. The molecule has 110 valence electrons. The van der Waals surface area contributed by atoms with Crippen LogP contribution in [0.2, 0.25) is 0 Å². The Balaban J connectivity index is 2.22. The molecule has 0 aromatic heterocycles. The third kappa shape index (κ3) is 5.49. The third-order valence-electron chi connectivity index (χ3n) is 3.67. The molecular formula is C14H26N2O3. The Morgan fingerprint density at radius 3 is 2.42 bits per heavy atom. The molecule has 0 bridgehead atoms. The van der Waals surface area contributed by atoms with Crippen LogP contribution in [0.25, 0.3) is 0 Å². The molecule has 0 aromatic carbocycles. The Morgan fingerprint density at radius 1 is 1.32 bits per heavy atom. The smallest absolute Gasteiger partial charge is 0.317 e. The van der Waals surface area contributed by atoms with Gasteiger partial charge in [-0.15, -0.1) is 0 Å². The number of carboxylic acids is 1. The number of aliphatic carboxylic acids is 1. The first-order valence-electron chi connectivity index (χ1n) is 7.15. The number of urea groups is 1. The van der Waals surface area contributed by atoms with Crippen LogP contribution in [0.15, 0.2) is 0 Å². The summed E-state index contributed by atoms with van der Waals surface area (Å²) in [5.74, 6) is 0.00000468.